The monoisotopic (exact) mass is 389 g/mol. The number of benzene rings is 2. The molecule has 0 saturated heterocycles. The summed E-state index contributed by atoms with van der Waals surface area (Å²) in [6.45, 7) is 0. The molecule has 0 atom stereocenters. The number of carbonyl (C=O) groups is 1. The molecule has 2 rings (SSSR count). The third-order valence-corrected chi connectivity index (χ3v) is 5.85. The molecular weight excluding hydrogens is 376 g/mol. The minimum Gasteiger partial charge on any atom is -0.325 e. The highest BCUT2D eigenvalue weighted by Crippen LogP contribution is 2.29. The van der Waals surface area contributed by atoms with E-state index in [0.29, 0.717) is 10.7 Å². The van der Waals surface area contributed by atoms with E-state index in [1.807, 2.05) is 0 Å². The molecule has 0 aliphatic heterocycles. The van der Waals surface area contributed by atoms with Gasteiger partial charge in [0.05, 0.1) is 26.4 Å². The summed E-state index contributed by atoms with van der Waals surface area (Å²) in [6.07, 6.45) is 0.132. The van der Waals surface area contributed by atoms with Gasteiger partial charge in [-0.3, -0.25) is 4.79 Å². The Balaban J connectivity index is 1.90. The van der Waals surface area contributed by atoms with Crippen LogP contribution < -0.4 is 5.32 Å². The molecule has 0 radical (unpaired) electrons. The number of rotatable bonds is 6. The Labute approximate surface area is 149 Å². The lowest BCUT2D eigenvalue weighted by Gasteiger charge is -2.08. The number of sulfone groups is 1. The molecule has 0 fully saturated rings. The van der Waals surface area contributed by atoms with Crippen LogP contribution in [-0.2, 0) is 14.6 Å². The fourth-order valence-electron chi connectivity index (χ4n) is 2.00. The lowest BCUT2D eigenvalue weighted by Crippen LogP contribution is -2.14. The fraction of sp³-hybridized carbons (Fsp3) is 0.188. The molecule has 1 amide bonds. The summed E-state index contributed by atoms with van der Waals surface area (Å²) in [6, 6.07) is 9.41. The van der Waals surface area contributed by atoms with E-state index >= 15 is 0 Å². The van der Waals surface area contributed by atoms with Crippen molar-refractivity contribution < 1.29 is 17.6 Å². The summed E-state index contributed by atoms with van der Waals surface area (Å²) in [5.41, 5.74) is 0.371. The molecule has 0 aliphatic carbocycles. The smallest absolute Gasteiger partial charge is 0.224 e. The molecule has 2 aromatic rings. The van der Waals surface area contributed by atoms with Gasteiger partial charge in [0.15, 0.2) is 9.84 Å². The first-order valence-electron chi connectivity index (χ1n) is 7.02. The van der Waals surface area contributed by atoms with Crippen molar-refractivity contribution in [3.8, 4) is 0 Å². The number of hydrogen-bond acceptors (Lipinski definition) is 3. The van der Waals surface area contributed by atoms with E-state index in [-0.39, 0.29) is 34.4 Å². The maximum Gasteiger partial charge on any atom is 0.224 e. The van der Waals surface area contributed by atoms with E-state index in [1.54, 1.807) is 18.2 Å². The normalized spacial score (nSPS) is 11.3. The molecule has 4 nitrogen and oxygen atoms in total. The highest BCUT2D eigenvalue weighted by atomic mass is 35.5. The van der Waals surface area contributed by atoms with Crippen LogP contribution in [0.25, 0.3) is 0 Å². The van der Waals surface area contributed by atoms with Crippen LogP contribution in [0.2, 0.25) is 10.0 Å². The first kappa shape index (κ1) is 18.7. The number of nitrogens with one attached hydrogen (secondary N) is 1. The number of hydrogen-bond donors (Lipinski definition) is 1. The van der Waals surface area contributed by atoms with Crippen LogP contribution in [0.1, 0.15) is 12.8 Å². The van der Waals surface area contributed by atoms with Gasteiger partial charge >= 0.3 is 0 Å². The Bertz CT molecular complexity index is 839. The van der Waals surface area contributed by atoms with Crippen molar-refractivity contribution in [1.82, 2.24) is 0 Å². The third kappa shape index (κ3) is 4.93. The van der Waals surface area contributed by atoms with Gasteiger partial charge in [-0.15, -0.1) is 0 Å². The van der Waals surface area contributed by atoms with E-state index in [4.69, 9.17) is 23.2 Å². The summed E-state index contributed by atoms with van der Waals surface area (Å²) in [4.78, 5) is 11.9. The number of amides is 1. The number of anilines is 1. The van der Waals surface area contributed by atoms with Crippen molar-refractivity contribution in [3.05, 3.63) is 58.3 Å². The Kier molecular flexibility index (Phi) is 6.21. The predicted molar refractivity (Wildman–Crippen MR) is 92.8 cm³/mol. The van der Waals surface area contributed by atoms with Crippen molar-refractivity contribution >= 4 is 44.6 Å². The second-order valence-electron chi connectivity index (χ2n) is 5.03. The van der Waals surface area contributed by atoms with E-state index in [1.165, 1.54) is 12.1 Å². The van der Waals surface area contributed by atoms with Gasteiger partial charge in [-0.25, -0.2) is 12.8 Å². The number of halogens is 3. The predicted octanol–water partition coefficient (Wildman–Crippen LogP) is 4.33. The van der Waals surface area contributed by atoms with Gasteiger partial charge in [0, 0.05) is 6.42 Å². The summed E-state index contributed by atoms with van der Waals surface area (Å²) in [7, 11) is -3.55. The Morgan fingerprint density at radius 2 is 1.75 bits per heavy atom. The van der Waals surface area contributed by atoms with Crippen LogP contribution in [0.3, 0.4) is 0 Å². The standard InChI is InChI=1S/C16H14Cl2FNO3S/c17-13-3-1-4-14(16(13)18)20-15(21)5-2-10-24(22,23)12-8-6-11(19)7-9-12/h1,3-4,6-9H,2,5,10H2,(H,20,21). The highest BCUT2D eigenvalue weighted by molar-refractivity contribution is 7.91. The SMILES string of the molecule is O=C(CCCS(=O)(=O)c1ccc(F)cc1)Nc1cccc(Cl)c1Cl. The molecule has 0 aromatic heterocycles. The van der Waals surface area contributed by atoms with Gasteiger partial charge in [-0.05, 0) is 42.8 Å². The molecule has 2 aromatic carbocycles. The van der Waals surface area contributed by atoms with Gasteiger partial charge in [0.2, 0.25) is 5.91 Å². The maximum atomic E-state index is 12.8. The van der Waals surface area contributed by atoms with Crippen molar-refractivity contribution in [2.24, 2.45) is 0 Å². The second kappa shape index (κ2) is 7.96. The van der Waals surface area contributed by atoms with Crippen LogP contribution in [0.4, 0.5) is 10.1 Å². The first-order valence-corrected chi connectivity index (χ1v) is 9.42. The van der Waals surface area contributed by atoms with Gasteiger partial charge in [-0.2, -0.15) is 0 Å². The van der Waals surface area contributed by atoms with E-state index in [2.05, 4.69) is 5.32 Å². The Hall–Kier alpha value is -1.63. The lowest BCUT2D eigenvalue weighted by molar-refractivity contribution is -0.116. The molecule has 0 heterocycles. The van der Waals surface area contributed by atoms with E-state index < -0.39 is 15.7 Å². The van der Waals surface area contributed by atoms with Gasteiger partial charge in [0.1, 0.15) is 5.82 Å². The topological polar surface area (TPSA) is 63.2 Å². The van der Waals surface area contributed by atoms with Crippen molar-refractivity contribution in [1.29, 1.82) is 0 Å². The molecule has 128 valence electrons. The zero-order chi connectivity index (χ0) is 17.7. The van der Waals surface area contributed by atoms with Crippen LogP contribution in [0, 0.1) is 5.82 Å². The molecular formula is C16H14Cl2FNO3S. The van der Waals surface area contributed by atoms with Crippen molar-refractivity contribution in [3.63, 3.8) is 0 Å². The summed E-state index contributed by atoms with van der Waals surface area (Å²) in [5, 5.41) is 3.13. The zero-order valence-electron chi connectivity index (χ0n) is 12.4. The first-order chi connectivity index (χ1) is 11.3. The highest BCUT2D eigenvalue weighted by Gasteiger charge is 2.15. The minimum atomic E-state index is -3.55. The summed E-state index contributed by atoms with van der Waals surface area (Å²) in [5.74, 6) is -1.09. The largest absolute Gasteiger partial charge is 0.325 e. The van der Waals surface area contributed by atoms with E-state index in [9.17, 15) is 17.6 Å². The molecule has 0 aliphatic rings. The van der Waals surface area contributed by atoms with Gasteiger partial charge in [-0.1, -0.05) is 29.3 Å². The van der Waals surface area contributed by atoms with Crippen LogP contribution >= 0.6 is 23.2 Å². The van der Waals surface area contributed by atoms with Crippen LogP contribution in [0.15, 0.2) is 47.4 Å². The zero-order valence-corrected chi connectivity index (χ0v) is 14.8. The molecule has 0 bridgehead atoms. The quantitative estimate of drug-likeness (QED) is 0.747. The van der Waals surface area contributed by atoms with Gasteiger partial charge < -0.3 is 5.32 Å². The van der Waals surface area contributed by atoms with Gasteiger partial charge in [0.25, 0.3) is 0 Å². The molecule has 8 heteroatoms. The average molecular weight is 390 g/mol. The number of carbonyl (C=O) groups excluding carboxylic acids is 1. The second-order valence-corrected chi connectivity index (χ2v) is 7.92. The minimum absolute atomic E-state index is 0.00324. The third-order valence-electron chi connectivity index (χ3n) is 3.22. The molecule has 24 heavy (non-hydrogen) atoms. The van der Waals surface area contributed by atoms with Crippen molar-refractivity contribution in [2.45, 2.75) is 17.7 Å². The Morgan fingerprint density at radius 1 is 1.08 bits per heavy atom. The molecule has 0 saturated carbocycles. The van der Waals surface area contributed by atoms with Crippen LogP contribution in [0.5, 0.6) is 0 Å². The average Bonchev–Trinajstić information content (AvgIpc) is 2.52. The summed E-state index contributed by atoms with van der Waals surface area (Å²) >= 11 is 11.8. The summed E-state index contributed by atoms with van der Waals surface area (Å²) < 4.78 is 37.0. The van der Waals surface area contributed by atoms with E-state index in [0.717, 1.165) is 12.1 Å². The molecule has 0 spiro atoms. The van der Waals surface area contributed by atoms with Crippen molar-refractivity contribution in [2.75, 3.05) is 11.1 Å². The fourth-order valence-corrected chi connectivity index (χ4v) is 3.65. The molecule has 0 unspecified atom stereocenters. The molecule has 1 N–H and O–H groups in total. The Morgan fingerprint density at radius 3 is 2.42 bits per heavy atom. The van der Waals surface area contributed by atoms with Crippen LogP contribution in [-0.4, -0.2) is 20.1 Å². The maximum absolute atomic E-state index is 12.8. The lowest BCUT2D eigenvalue weighted by atomic mass is 10.3.